The Morgan fingerprint density at radius 3 is 0.759 bits per heavy atom. The summed E-state index contributed by atoms with van der Waals surface area (Å²) in [5, 5.41) is 0. The summed E-state index contributed by atoms with van der Waals surface area (Å²) in [6.45, 7) is 2.05. The smallest absolute Gasteiger partial charge is 0.436 e. The minimum Gasteiger partial charge on any atom is -0.436 e. The van der Waals surface area contributed by atoms with Crippen molar-refractivity contribution in [2.75, 3.05) is 0 Å². The summed E-state index contributed by atoms with van der Waals surface area (Å²) < 4.78 is 277. The Balaban J connectivity index is 1.87. The van der Waals surface area contributed by atoms with Gasteiger partial charge in [-0.1, -0.05) is 0 Å². The number of aryl methyl sites for hydroxylation is 2. The molecule has 8 bridgehead atoms. The Morgan fingerprint density at radius 2 is 0.574 bits per heavy atom. The molecule has 24 heteroatoms. The normalized spacial score (nSPS) is 14.1. The van der Waals surface area contributed by atoms with Crippen LogP contribution in [-0.2, 0) is 11.3 Å². The van der Waals surface area contributed by atoms with Crippen LogP contribution in [0.4, 0.5) is 79.0 Å². The van der Waals surface area contributed by atoms with Crippen LogP contribution in [0.1, 0.15) is 22.3 Å². The van der Waals surface area contributed by atoms with Gasteiger partial charge in [0, 0.05) is 12.1 Å². The van der Waals surface area contributed by atoms with E-state index in [1.165, 1.54) is 0 Å². The van der Waals surface area contributed by atoms with Crippen LogP contribution in [0.25, 0.3) is 0 Å². The summed E-state index contributed by atoms with van der Waals surface area (Å²) in [7, 11) is 0. The third-order valence-corrected chi connectivity index (χ3v) is 7.19. The lowest BCUT2D eigenvalue weighted by Crippen LogP contribution is -2.51. The van der Waals surface area contributed by atoms with Crippen LogP contribution in [-0.4, -0.2) is 34.7 Å². The maximum atomic E-state index is 15.5. The molecule has 5 rings (SSSR count). The van der Waals surface area contributed by atoms with Crippen LogP contribution >= 0.6 is 0 Å². The van der Waals surface area contributed by atoms with E-state index in [2.05, 4.69) is 9.97 Å². The van der Waals surface area contributed by atoms with E-state index >= 15 is 26.3 Å². The van der Waals surface area contributed by atoms with Crippen molar-refractivity contribution in [2.45, 2.75) is 49.9 Å². The van der Waals surface area contributed by atoms with Crippen LogP contribution in [0.3, 0.4) is 0 Å². The number of hydrogen-bond acceptors (Lipinski definition) is 6. The third-order valence-electron chi connectivity index (χ3n) is 7.19. The highest BCUT2D eigenvalue weighted by Crippen LogP contribution is 2.58. The van der Waals surface area contributed by atoms with Gasteiger partial charge in [0.1, 0.15) is 23.0 Å². The summed E-state index contributed by atoms with van der Waals surface area (Å²) >= 11 is 0. The van der Waals surface area contributed by atoms with E-state index in [4.69, 9.17) is 18.9 Å². The summed E-state index contributed by atoms with van der Waals surface area (Å²) in [5.41, 5.74) is -21.0. The lowest BCUT2D eigenvalue weighted by Gasteiger charge is -2.31. The molecule has 0 spiro atoms. The minimum atomic E-state index is -7.13. The fourth-order valence-electron chi connectivity index (χ4n) is 4.88. The van der Waals surface area contributed by atoms with Crippen molar-refractivity contribution >= 4 is 0 Å². The second-order valence-electron chi connectivity index (χ2n) is 11.1. The molecule has 1 aliphatic heterocycles. The van der Waals surface area contributed by atoms with E-state index in [1.54, 1.807) is 0 Å². The molecule has 2 aromatic carbocycles. The molecule has 0 amide bonds. The molecular formula is C30H12F18N2O4. The van der Waals surface area contributed by atoms with E-state index in [-0.39, 0.29) is 11.1 Å². The van der Waals surface area contributed by atoms with Gasteiger partial charge in [-0.15, -0.1) is 0 Å². The number of nitrogens with zero attached hydrogens (tertiary/aromatic N) is 2. The second-order valence-corrected chi connectivity index (χ2v) is 11.1. The molecule has 292 valence electrons. The molecule has 54 heavy (non-hydrogen) atoms. The van der Waals surface area contributed by atoms with E-state index in [9.17, 15) is 52.7 Å². The van der Waals surface area contributed by atoms with E-state index in [0.29, 0.717) is 36.4 Å². The number of aromatic nitrogens is 2. The summed E-state index contributed by atoms with van der Waals surface area (Å²) in [6, 6.07) is 3.48. The summed E-state index contributed by atoms with van der Waals surface area (Å²) in [5.74, 6) is -24.8. The van der Waals surface area contributed by atoms with Gasteiger partial charge in [0.2, 0.25) is 0 Å². The molecule has 4 aromatic rings. The maximum absolute atomic E-state index is 15.5. The van der Waals surface area contributed by atoms with Crippen molar-refractivity contribution in [1.29, 1.82) is 0 Å². The molecule has 2 aromatic heterocycles. The van der Waals surface area contributed by atoms with Crippen molar-refractivity contribution < 1.29 is 98.0 Å². The van der Waals surface area contributed by atoms with Gasteiger partial charge in [-0.25, -0.2) is 26.3 Å². The van der Waals surface area contributed by atoms with Crippen LogP contribution in [0.15, 0.2) is 36.4 Å². The topological polar surface area (TPSA) is 62.7 Å². The van der Waals surface area contributed by atoms with Gasteiger partial charge >= 0.3 is 36.0 Å². The number of hydrogen-bond donors (Lipinski definition) is 0. The number of ether oxygens (including phenoxy) is 4. The van der Waals surface area contributed by atoms with E-state index in [0.717, 1.165) is 13.8 Å². The van der Waals surface area contributed by atoms with Crippen molar-refractivity contribution in [3.63, 3.8) is 0 Å². The predicted octanol–water partition coefficient (Wildman–Crippen LogP) is 11.7. The Bertz CT molecular complexity index is 1870. The minimum absolute atomic E-state index is 0.275. The zero-order chi connectivity index (χ0) is 40.7. The molecule has 1 aliphatic rings. The highest BCUT2D eigenvalue weighted by atomic mass is 19.4. The molecule has 0 unspecified atom stereocenters. The maximum Gasteiger partial charge on any atom is 0.436 e. The number of alkyl halides is 14. The Morgan fingerprint density at radius 1 is 0.370 bits per heavy atom. The highest BCUT2D eigenvalue weighted by molar-refractivity contribution is 5.48. The molecule has 0 N–H and O–H groups in total. The SMILES string of the molecule is Cc1cc2cc(c1)Oc1nc(c(F)c(C(F)(C(F)(F)F)C(F)(F)F)c1F)Oc1cc(C)cc(c1)Oc1nc(c(F)c(C(F)(C(F)(F)F)C(F)(F)F)c1F)O2. The number of halogens is 18. The van der Waals surface area contributed by atoms with Crippen molar-refractivity contribution in [3.8, 4) is 46.5 Å². The van der Waals surface area contributed by atoms with Crippen LogP contribution in [0.2, 0.25) is 0 Å². The quantitative estimate of drug-likeness (QED) is 0.166. The van der Waals surface area contributed by atoms with Gasteiger partial charge in [0.05, 0.1) is 11.1 Å². The number of fused-ring (bicyclic) bond motifs is 8. The third kappa shape index (κ3) is 6.47. The van der Waals surface area contributed by atoms with Crippen LogP contribution in [0.5, 0.6) is 46.5 Å². The Kier molecular flexibility index (Phi) is 9.33. The average molecular weight is 806 g/mol. The molecule has 0 saturated carbocycles. The molecule has 0 saturated heterocycles. The Labute approximate surface area is 286 Å². The molecule has 0 fully saturated rings. The first-order chi connectivity index (χ1) is 24.5. The molecule has 0 aliphatic carbocycles. The highest BCUT2D eigenvalue weighted by Gasteiger charge is 2.77. The monoisotopic (exact) mass is 806 g/mol. The average Bonchev–Trinajstić information content (AvgIpc) is 2.98. The summed E-state index contributed by atoms with van der Waals surface area (Å²) in [6.07, 6.45) is -28.5. The lowest BCUT2D eigenvalue weighted by molar-refractivity contribution is -0.351. The second kappa shape index (κ2) is 12.6. The van der Waals surface area contributed by atoms with Gasteiger partial charge in [0.25, 0.3) is 23.5 Å². The van der Waals surface area contributed by atoms with Gasteiger partial charge in [0.15, 0.2) is 23.3 Å². The first kappa shape index (κ1) is 39.9. The van der Waals surface area contributed by atoms with Crippen LogP contribution < -0.4 is 18.9 Å². The van der Waals surface area contributed by atoms with Crippen molar-refractivity contribution in [2.24, 2.45) is 0 Å². The van der Waals surface area contributed by atoms with Gasteiger partial charge < -0.3 is 18.9 Å². The van der Waals surface area contributed by atoms with E-state index < -0.39 is 117 Å². The fraction of sp³-hybridized carbons (Fsp3) is 0.267. The van der Waals surface area contributed by atoms with Gasteiger partial charge in [-0.3, -0.25) is 0 Å². The number of benzene rings is 2. The number of rotatable bonds is 2. The number of pyridine rings is 2. The predicted molar refractivity (Wildman–Crippen MR) is 141 cm³/mol. The Hall–Kier alpha value is -5.32. The zero-order valence-corrected chi connectivity index (χ0v) is 25.8. The van der Waals surface area contributed by atoms with Gasteiger partial charge in [-0.2, -0.15) is 62.7 Å². The molecule has 0 atom stereocenters. The van der Waals surface area contributed by atoms with Gasteiger partial charge in [-0.05, 0) is 49.2 Å². The standard InChI is InChI=1S/C30H12F18N2O4/c1-9-3-11-7-12(4-9)52-22-18(32)16(26(36,29(43,44)45)30(46,47)48)20(34)24(50-22)54-14-6-10(2)5-13(8-14)53-23-19(33)15(17(31)21(49-23)51-11)25(35,27(37,38)39)28(40,41)42/h3-8H,1-2H3. The van der Waals surface area contributed by atoms with Crippen LogP contribution in [0, 0.1) is 37.1 Å². The molecular weight excluding hydrogens is 794 g/mol. The first-order valence-corrected chi connectivity index (χ1v) is 13.9. The first-order valence-electron chi connectivity index (χ1n) is 13.9. The van der Waals surface area contributed by atoms with Crippen molar-refractivity contribution in [3.05, 3.63) is 81.9 Å². The largest absolute Gasteiger partial charge is 0.436 e. The molecule has 6 nitrogen and oxygen atoms in total. The zero-order valence-electron chi connectivity index (χ0n) is 25.8. The molecule has 0 radical (unpaired) electrons. The fourth-order valence-corrected chi connectivity index (χ4v) is 4.88. The van der Waals surface area contributed by atoms with E-state index in [1.807, 2.05) is 0 Å². The lowest BCUT2D eigenvalue weighted by atomic mass is 9.93. The summed E-state index contributed by atoms with van der Waals surface area (Å²) in [4.78, 5) is 6.15. The van der Waals surface area contributed by atoms with Crippen molar-refractivity contribution in [1.82, 2.24) is 9.97 Å². The molecule has 3 heterocycles.